The summed E-state index contributed by atoms with van der Waals surface area (Å²) in [5.74, 6) is -2.59. The maximum atomic E-state index is 12.6. The second-order valence-corrected chi connectivity index (χ2v) is 7.36. The van der Waals surface area contributed by atoms with E-state index in [0.29, 0.717) is 12.4 Å². The molecule has 0 unspecified atom stereocenters. The minimum Gasteiger partial charge on any atom is -0.475 e. The van der Waals surface area contributed by atoms with Crippen molar-refractivity contribution in [1.82, 2.24) is 20.6 Å². The van der Waals surface area contributed by atoms with Crippen LogP contribution < -0.4 is 10.6 Å². The van der Waals surface area contributed by atoms with E-state index >= 15 is 0 Å². The molecule has 0 spiro atoms. The molecule has 0 saturated carbocycles. The number of aromatic nitrogens is 2. The zero-order valence-corrected chi connectivity index (χ0v) is 17.7. The third kappa shape index (κ3) is 6.50. The highest BCUT2D eigenvalue weighted by atomic mass is 35.5. The van der Waals surface area contributed by atoms with Crippen LogP contribution in [0.25, 0.3) is 11.4 Å². The molecule has 2 heterocycles. The van der Waals surface area contributed by atoms with Crippen molar-refractivity contribution in [2.45, 2.75) is 25.8 Å². The first-order valence-corrected chi connectivity index (χ1v) is 10.0. The number of carbonyl (C=O) groups is 2. The van der Waals surface area contributed by atoms with Gasteiger partial charge in [-0.15, -0.1) is 0 Å². The van der Waals surface area contributed by atoms with Gasteiger partial charge in [0.05, 0.1) is 11.2 Å². The summed E-state index contributed by atoms with van der Waals surface area (Å²) in [4.78, 5) is 30.0. The number of hydrogen-bond donors (Lipinski definition) is 3. The van der Waals surface area contributed by atoms with E-state index in [9.17, 15) is 18.0 Å². The van der Waals surface area contributed by atoms with Crippen LogP contribution in [-0.4, -0.2) is 33.1 Å². The van der Waals surface area contributed by atoms with Crippen molar-refractivity contribution in [3.05, 3.63) is 82.1 Å². The highest BCUT2D eigenvalue weighted by molar-refractivity contribution is 6.33. The van der Waals surface area contributed by atoms with E-state index in [4.69, 9.17) is 21.5 Å². The number of nitrogens with one attached hydrogen (secondary N) is 2. The van der Waals surface area contributed by atoms with Crippen LogP contribution in [0.15, 0.2) is 54.7 Å². The topological polar surface area (TPSA) is 104 Å². The fraction of sp³-hybridized carbons (Fsp3) is 0.182. The van der Waals surface area contributed by atoms with Gasteiger partial charge in [0, 0.05) is 25.2 Å². The van der Waals surface area contributed by atoms with Crippen molar-refractivity contribution in [2.24, 2.45) is 0 Å². The monoisotopic (exact) mass is 478 g/mol. The summed E-state index contributed by atoms with van der Waals surface area (Å²) in [5, 5.41) is 13.6. The number of fused-ring (bicyclic) bond motifs is 1. The molecule has 1 amide bonds. The van der Waals surface area contributed by atoms with Crippen molar-refractivity contribution < 1.29 is 27.9 Å². The number of halogens is 4. The van der Waals surface area contributed by atoms with Gasteiger partial charge in [0.15, 0.2) is 11.5 Å². The molecule has 0 atom stereocenters. The van der Waals surface area contributed by atoms with E-state index < -0.39 is 12.1 Å². The third-order valence-corrected chi connectivity index (χ3v) is 4.86. The lowest BCUT2D eigenvalue weighted by Crippen LogP contribution is -2.24. The first-order chi connectivity index (χ1) is 15.6. The lowest BCUT2D eigenvalue weighted by Gasteiger charge is -2.09. The van der Waals surface area contributed by atoms with Gasteiger partial charge >= 0.3 is 12.1 Å². The molecule has 0 radical (unpaired) electrons. The minimum absolute atomic E-state index is 0.184. The molecule has 11 heteroatoms. The zero-order chi connectivity index (χ0) is 24.0. The van der Waals surface area contributed by atoms with Crippen LogP contribution in [0.2, 0.25) is 5.02 Å². The quantitative estimate of drug-likeness (QED) is 0.524. The third-order valence-electron chi connectivity index (χ3n) is 4.59. The molecule has 3 aromatic rings. The van der Waals surface area contributed by atoms with Crippen molar-refractivity contribution >= 4 is 23.5 Å². The largest absolute Gasteiger partial charge is 0.490 e. The second-order valence-electron chi connectivity index (χ2n) is 6.95. The van der Waals surface area contributed by atoms with Crippen molar-refractivity contribution in [2.75, 3.05) is 0 Å². The maximum absolute atomic E-state index is 12.6. The molecular formula is C22H18ClF3N4O3. The number of nitrogens with zero attached hydrogens (tertiary/aromatic N) is 2. The standard InChI is InChI=1S/C20H17ClN4O.C2HF3O2/c21-17-12-23-19(14-4-2-1-3-5-14)25-18(17)20(26)24-9-13-6-7-15-10-22-11-16(15)8-13;3-2(4,5)1(6)7/h1-8,12,22H,9-11H2,(H,24,26);(H,6,7). The lowest BCUT2D eigenvalue weighted by atomic mass is 10.1. The molecule has 4 rings (SSSR count). The SMILES string of the molecule is O=C(NCc1ccc2c(c1)CNC2)c1nc(-c2ccccc2)ncc1Cl.O=C(O)C(F)(F)F. The van der Waals surface area contributed by atoms with Crippen LogP contribution in [0.4, 0.5) is 13.2 Å². The molecule has 33 heavy (non-hydrogen) atoms. The summed E-state index contributed by atoms with van der Waals surface area (Å²) in [7, 11) is 0. The van der Waals surface area contributed by atoms with Gasteiger partial charge in [-0.1, -0.05) is 60.1 Å². The van der Waals surface area contributed by atoms with Crippen molar-refractivity contribution in [3.63, 3.8) is 0 Å². The molecule has 1 aliphatic rings. The Morgan fingerprint density at radius 1 is 1.09 bits per heavy atom. The highest BCUT2D eigenvalue weighted by Gasteiger charge is 2.38. The molecule has 2 aromatic carbocycles. The molecule has 0 saturated heterocycles. The Morgan fingerprint density at radius 2 is 1.76 bits per heavy atom. The fourth-order valence-corrected chi connectivity index (χ4v) is 3.15. The van der Waals surface area contributed by atoms with Crippen LogP contribution in [0.1, 0.15) is 27.2 Å². The normalized spacial score (nSPS) is 12.4. The average molecular weight is 479 g/mol. The Labute approximate surface area is 191 Å². The summed E-state index contributed by atoms with van der Waals surface area (Å²) < 4.78 is 31.7. The number of amides is 1. The van der Waals surface area contributed by atoms with Gasteiger partial charge in [0.25, 0.3) is 5.91 Å². The first kappa shape index (κ1) is 24.1. The Kier molecular flexibility index (Phi) is 7.62. The van der Waals surface area contributed by atoms with Gasteiger partial charge in [-0.05, 0) is 16.7 Å². The summed E-state index contributed by atoms with van der Waals surface area (Å²) in [6, 6.07) is 15.7. The number of aliphatic carboxylic acids is 1. The van der Waals surface area contributed by atoms with Crippen LogP contribution in [0, 0.1) is 0 Å². The number of carbonyl (C=O) groups excluding carboxylic acids is 1. The Hall–Kier alpha value is -3.50. The molecule has 1 aliphatic heterocycles. The molecule has 7 nitrogen and oxygen atoms in total. The van der Waals surface area contributed by atoms with Crippen molar-refractivity contribution in [1.29, 1.82) is 0 Å². The van der Waals surface area contributed by atoms with Gasteiger partial charge < -0.3 is 15.7 Å². The molecule has 3 N–H and O–H groups in total. The minimum atomic E-state index is -5.08. The van der Waals surface area contributed by atoms with Crippen LogP contribution in [0.5, 0.6) is 0 Å². The number of rotatable bonds is 4. The zero-order valence-electron chi connectivity index (χ0n) is 17.0. The molecular weight excluding hydrogens is 461 g/mol. The van der Waals surface area contributed by atoms with Crippen LogP contribution >= 0.6 is 11.6 Å². The Balaban J connectivity index is 0.000000383. The Morgan fingerprint density at radius 3 is 2.42 bits per heavy atom. The predicted molar refractivity (Wildman–Crippen MR) is 114 cm³/mol. The molecule has 0 aliphatic carbocycles. The number of carboxylic acids is 1. The Bertz CT molecular complexity index is 1160. The van der Waals surface area contributed by atoms with Gasteiger partial charge in [-0.3, -0.25) is 4.79 Å². The van der Waals surface area contributed by atoms with Gasteiger partial charge in [-0.25, -0.2) is 14.8 Å². The summed E-state index contributed by atoms with van der Waals surface area (Å²) in [6.07, 6.45) is -3.62. The molecule has 0 bridgehead atoms. The number of benzene rings is 2. The summed E-state index contributed by atoms with van der Waals surface area (Å²) in [5.41, 5.74) is 4.66. The van der Waals surface area contributed by atoms with E-state index in [1.165, 1.54) is 17.3 Å². The van der Waals surface area contributed by atoms with Gasteiger partial charge in [0.2, 0.25) is 0 Å². The van der Waals surface area contributed by atoms with E-state index in [-0.39, 0.29) is 16.6 Å². The number of carboxylic acid groups (broad SMARTS) is 1. The number of hydrogen-bond acceptors (Lipinski definition) is 5. The van der Waals surface area contributed by atoms with Gasteiger partial charge in [0.1, 0.15) is 0 Å². The van der Waals surface area contributed by atoms with Crippen LogP contribution in [0.3, 0.4) is 0 Å². The molecule has 172 valence electrons. The van der Waals surface area contributed by atoms with Crippen LogP contribution in [-0.2, 0) is 24.4 Å². The predicted octanol–water partition coefficient (Wildman–Crippen LogP) is 3.96. The maximum Gasteiger partial charge on any atom is 0.490 e. The lowest BCUT2D eigenvalue weighted by molar-refractivity contribution is -0.192. The average Bonchev–Trinajstić information content (AvgIpc) is 3.26. The number of alkyl halides is 3. The van der Waals surface area contributed by atoms with E-state index in [0.717, 1.165) is 24.2 Å². The van der Waals surface area contributed by atoms with E-state index in [2.05, 4.69) is 32.7 Å². The van der Waals surface area contributed by atoms with E-state index in [1.54, 1.807) is 0 Å². The van der Waals surface area contributed by atoms with E-state index in [1.807, 2.05) is 36.4 Å². The fourth-order valence-electron chi connectivity index (χ4n) is 2.98. The van der Waals surface area contributed by atoms with Gasteiger partial charge in [-0.2, -0.15) is 13.2 Å². The smallest absolute Gasteiger partial charge is 0.475 e. The molecule has 0 fully saturated rings. The first-order valence-electron chi connectivity index (χ1n) is 9.63. The summed E-state index contributed by atoms with van der Waals surface area (Å²) in [6.45, 7) is 2.20. The van der Waals surface area contributed by atoms with Crippen molar-refractivity contribution in [3.8, 4) is 11.4 Å². The molecule has 1 aromatic heterocycles. The highest BCUT2D eigenvalue weighted by Crippen LogP contribution is 2.20. The summed E-state index contributed by atoms with van der Waals surface area (Å²) >= 11 is 6.14. The second kappa shape index (κ2) is 10.4.